The summed E-state index contributed by atoms with van der Waals surface area (Å²) in [6, 6.07) is 6.99. The first kappa shape index (κ1) is 16.8. The van der Waals surface area contributed by atoms with Gasteiger partial charge in [-0.3, -0.25) is 15.6 Å². The molecule has 1 aromatic carbocycles. The van der Waals surface area contributed by atoms with Crippen molar-refractivity contribution in [2.45, 2.75) is 32.4 Å². The van der Waals surface area contributed by atoms with Gasteiger partial charge < -0.3 is 10.8 Å². The quantitative estimate of drug-likeness (QED) is 0.429. The molecule has 0 heterocycles. The van der Waals surface area contributed by atoms with Crippen molar-refractivity contribution < 1.29 is 9.90 Å². The van der Waals surface area contributed by atoms with E-state index in [1.54, 1.807) is 11.8 Å². The van der Waals surface area contributed by atoms with Gasteiger partial charge in [0.25, 0.3) is 5.91 Å². The van der Waals surface area contributed by atoms with Gasteiger partial charge in [0.1, 0.15) is 6.10 Å². The Bertz CT molecular complexity index is 411. The molecule has 6 heteroatoms. The van der Waals surface area contributed by atoms with Crippen LogP contribution in [0.2, 0.25) is 0 Å². The molecule has 20 heavy (non-hydrogen) atoms. The third kappa shape index (κ3) is 5.81. The molecule has 0 saturated carbocycles. The van der Waals surface area contributed by atoms with Crippen molar-refractivity contribution in [1.29, 1.82) is 0 Å². The Morgan fingerprint density at radius 2 is 2.05 bits per heavy atom. The summed E-state index contributed by atoms with van der Waals surface area (Å²) >= 11 is 1.64. The summed E-state index contributed by atoms with van der Waals surface area (Å²) in [5, 5.41) is 9.82. The van der Waals surface area contributed by atoms with Gasteiger partial charge in [0.2, 0.25) is 0 Å². The van der Waals surface area contributed by atoms with E-state index in [1.165, 1.54) is 0 Å². The van der Waals surface area contributed by atoms with Crippen LogP contribution in [-0.2, 0) is 4.79 Å². The Morgan fingerprint density at radius 1 is 1.40 bits per heavy atom. The molecule has 0 fully saturated rings. The second-order valence-electron chi connectivity index (χ2n) is 4.66. The maximum Gasteiger partial charge on any atom is 0.268 e. The van der Waals surface area contributed by atoms with Crippen LogP contribution >= 0.6 is 11.8 Å². The SMILES string of the molecule is CCCSC[C@@H](N)C(O)C(=O)NNc1ccc(C)cc1. The van der Waals surface area contributed by atoms with Crippen molar-refractivity contribution in [3.8, 4) is 0 Å². The predicted molar refractivity (Wildman–Crippen MR) is 84.5 cm³/mol. The molecule has 112 valence electrons. The number of benzene rings is 1. The number of amides is 1. The third-order valence-electron chi connectivity index (χ3n) is 2.71. The highest BCUT2D eigenvalue weighted by atomic mass is 32.2. The Labute approximate surface area is 124 Å². The number of nitrogens with one attached hydrogen (secondary N) is 2. The van der Waals surface area contributed by atoms with E-state index in [0.29, 0.717) is 5.75 Å². The van der Waals surface area contributed by atoms with Gasteiger partial charge >= 0.3 is 0 Å². The third-order valence-corrected chi connectivity index (χ3v) is 4.03. The fourth-order valence-electron chi connectivity index (χ4n) is 1.49. The number of rotatable bonds is 8. The molecule has 0 saturated heterocycles. The van der Waals surface area contributed by atoms with Crippen LogP contribution in [0.3, 0.4) is 0 Å². The van der Waals surface area contributed by atoms with E-state index in [0.717, 1.165) is 23.4 Å². The maximum atomic E-state index is 11.7. The highest BCUT2D eigenvalue weighted by molar-refractivity contribution is 7.99. The van der Waals surface area contributed by atoms with Crippen molar-refractivity contribution in [3.05, 3.63) is 29.8 Å². The van der Waals surface area contributed by atoms with Crippen LogP contribution in [0.5, 0.6) is 0 Å². The average Bonchev–Trinajstić information content (AvgIpc) is 2.45. The van der Waals surface area contributed by atoms with Crippen LogP contribution < -0.4 is 16.6 Å². The minimum Gasteiger partial charge on any atom is -0.382 e. The number of carbonyl (C=O) groups is 1. The van der Waals surface area contributed by atoms with Crippen molar-refractivity contribution >= 4 is 23.4 Å². The lowest BCUT2D eigenvalue weighted by Gasteiger charge is -2.18. The standard InChI is InChI=1S/C14H23N3O2S/c1-3-8-20-9-12(15)13(18)14(19)17-16-11-6-4-10(2)5-7-11/h4-7,12-13,16,18H,3,8-9,15H2,1-2H3,(H,17,19)/t12-,13?/m1/s1. The fraction of sp³-hybridized carbons (Fsp3) is 0.500. The van der Waals surface area contributed by atoms with Crippen molar-refractivity contribution in [2.75, 3.05) is 16.9 Å². The van der Waals surface area contributed by atoms with Gasteiger partial charge in [0, 0.05) is 11.8 Å². The van der Waals surface area contributed by atoms with Crippen LogP contribution in [0.25, 0.3) is 0 Å². The second-order valence-corrected chi connectivity index (χ2v) is 5.81. The smallest absolute Gasteiger partial charge is 0.268 e. The van der Waals surface area contributed by atoms with E-state index in [1.807, 2.05) is 31.2 Å². The van der Waals surface area contributed by atoms with Crippen LogP contribution in [0, 0.1) is 6.92 Å². The highest BCUT2D eigenvalue weighted by Gasteiger charge is 2.22. The molecule has 0 aliphatic carbocycles. The van der Waals surface area contributed by atoms with Gasteiger partial charge in [-0.15, -0.1) is 0 Å². The number of carbonyl (C=O) groups excluding carboxylic acids is 1. The van der Waals surface area contributed by atoms with Crippen LogP contribution in [0.15, 0.2) is 24.3 Å². The molecule has 0 bridgehead atoms. The van der Waals surface area contributed by atoms with Crippen LogP contribution in [0.1, 0.15) is 18.9 Å². The molecule has 1 rings (SSSR count). The predicted octanol–water partition coefficient (Wildman–Crippen LogP) is 1.27. The largest absolute Gasteiger partial charge is 0.382 e. The van der Waals surface area contributed by atoms with Crippen molar-refractivity contribution in [1.82, 2.24) is 5.43 Å². The van der Waals surface area contributed by atoms with E-state index < -0.39 is 18.1 Å². The first-order valence-corrected chi connectivity index (χ1v) is 7.84. The molecular formula is C14H23N3O2S. The number of hydrogen-bond donors (Lipinski definition) is 4. The summed E-state index contributed by atoms with van der Waals surface area (Å²) in [7, 11) is 0. The summed E-state index contributed by atoms with van der Waals surface area (Å²) in [6.45, 7) is 4.06. The summed E-state index contributed by atoms with van der Waals surface area (Å²) in [5.41, 5.74) is 12.9. The van der Waals surface area contributed by atoms with E-state index >= 15 is 0 Å². The zero-order valence-corrected chi connectivity index (χ0v) is 12.7. The molecule has 1 unspecified atom stereocenters. The van der Waals surface area contributed by atoms with E-state index in [4.69, 9.17) is 5.73 Å². The van der Waals surface area contributed by atoms with Gasteiger partial charge in [0.15, 0.2) is 0 Å². The molecule has 0 aromatic heterocycles. The molecule has 2 atom stereocenters. The van der Waals surface area contributed by atoms with Gasteiger partial charge in [-0.25, -0.2) is 0 Å². The molecule has 0 aliphatic heterocycles. The van der Waals surface area contributed by atoms with Gasteiger partial charge in [0.05, 0.1) is 5.69 Å². The Morgan fingerprint density at radius 3 is 2.65 bits per heavy atom. The number of hydrazine groups is 1. The molecule has 5 nitrogen and oxygen atoms in total. The number of aliphatic hydroxyl groups is 1. The van der Waals surface area contributed by atoms with E-state index in [2.05, 4.69) is 17.8 Å². The monoisotopic (exact) mass is 297 g/mol. The summed E-state index contributed by atoms with van der Waals surface area (Å²) in [4.78, 5) is 11.7. The molecule has 1 amide bonds. The molecular weight excluding hydrogens is 274 g/mol. The Hall–Kier alpha value is -1.24. The molecule has 0 aliphatic rings. The first-order chi connectivity index (χ1) is 9.54. The topological polar surface area (TPSA) is 87.4 Å². The zero-order valence-electron chi connectivity index (χ0n) is 11.9. The van der Waals surface area contributed by atoms with Crippen LogP contribution in [0.4, 0.5) is 5.69 Å². The lowest BCUT2D eigenvalue weighted by Crippen LogP contribution is -2.49. The average molecular weight is 297 g/mol. The summed E-state index contributed by atoms with van der Waals surface area (Å²) in [5.74, 6) is 1.02. The molecule has 5 N–H and O–H groups in total. The number of thioether (sulfide) groups is 1. The first-order valence-electron chi connectivity index (χ1n) is 6.68. The van der Waals surface area contributed by atoms with Gasteiger partial charge in [-0.2, -0.15) is 11.8 Å². The molecule has 0 radical (unpaired) electrons. The summed E-state index contributed by atoms with van der Waals surface area (Å²) in [6.07, 6.45) is -0.161. The molecule has 0 spiro atoms. The van der Waals surface area contributed by atoms with Gasteiger partial charge in [-0.1, -0.05) is 24.6 Å². The minimum absolute atomic E-state index is 0.518. The number of nitrogens with two attached hydrogens (primary N) is 1. The van der Waals surface area contributed by atoms with Gasteiger partial charge in [-0.05, 0) is 31.2 Å². The normalized spacial score (nSPS) is 13.6. The number of anilines is 1. The van der Waals surface area contributed by atoms with E-state index in [9.17, 15) is 9.90 Å². The van der Waals surface area contributed by atoms with Crippen molar-refractivity contribution in [3.63, 3.8) is 0 Å². The highest BCUT2D eigenvalue weighted by Crippen LogP contribution is 2.08. The lowest BCUT2D eigenvalue weighted by atomic mass is 10.2. The maximum absolute atomic E-state index is 11.7. The Balaban J connectivity index is 2.35. The van der Waals surface area contributed by atoms with Crippen LogP contribution in [-0.4, -0.2) is 34.7 Å². The molecule has 1 aromatic rings. The van der Waals surface area contributed by atoms with E-state index in [-0.39, 0.29) is 0 Å². The summed E-state index contributed by atoms with van der Waals surface area (Å²) < 4.78 is 0. The minimum atomic E-state index is -1.21. The lowest BCUT2D eigenvalue weighted by molar-refractivity contribution is -0.129. The Kier molecular flexibility index (Phi) is 7.43. The fourth-order valence-corrected chi connectivity index (χ4v) is 2.40. The zero-order chi connectivity index (χ0) is 15.0. The number of aryl methyl sites for hydroxylation is 1. The van der Waals surface area contributed by atoms with Crippen molar-refractivity contribution in [2.24, 2.45) is 5.73 Å². The number of aliphatic hydroxyl groups excluding tert-OH is 1. The second kappa shape index (κ2) is 8.84. The number of hydrogen-bond acceptors (Lipinski definition) is 5.